The third kappa shape index (κ3) is 5.12. The molecule has 104 valence electrons. The van der Waals surface area contributed by atoms with Crippen LogP contribution in [0.15, 0.2) is 24.3 Å². The number of rotatable bonds is 7. The van der Waals surface area contributed by atoms with Gasteiger partial charge in [-0.3, -0.25) is 9.59 Å². The molecular formula is C15H21NO3. The molecule has 4 nitrogen and oxygen atoms in total. The number of likely N-dealkylation sites (N-methyl/N-ethyl adjacent to an activating group) is 1. The fourth-order valence-electron chi connectivity index (χ4n) is 1.94. The van der Waals surface area contributed by atoms with Gasteiger partial charge in [0.25, 0.3) is 0 Å². The number of hydrogen-bond donors (Lipinski definition) is 1. The molecule has 1 amide bonds. The Hall–Kier alpha value is -1.84. The van der Waals surface area contributed by atoms with Gasteiger partial charge < -0.3 is 10.0 Å². The molecule has 0 aliphatic carbocycles. The maximum atomic E-state index is 12.1. The Balaban J connectivity index is 2.62. The van der Waals surface area contributed by atoms with E-state index < -0.39 is 5.97 Å². The smallest absolute Gasteiger partial charge is 0.305 e. The molecule has 0 heterocycles. The Morgan fingerprint density at radius 3 is 2.47 bits per heavy atom. The number of carbonyl (C=O) groups is 2. The molecule has 1 rings (SSSR count). The minimum Gasteiger partial charge on any atom is -0.481 e. The number of carboxylic acids is 1. The molecule has 0 aliphatic heterocycles. The zero-order valence-corrected chi connectivity index (χ0v) is 11.6. The summed E-state index contributed by atoms with van der Waals surface area (Å²) in [7, 11) is 0. The van der Waals surface area contributed by atoms with Crippen LogP contribution >= 0.6 is 0 Å². The number of carboxylic acid groups (broad SMARTS) is 1. The van der Waals surface area contributed by atoms with Gasteiger partial charge in [0.05, 0.1) is 12.8 Å². The Morgan fingerprint density at radius 1 is 1.21 bits per heavy atom. The van der Waals surface area contributed by atoms with Crippen LogP contribution in [0.3, 0.4) is 0 Å². The number of aliphatic carboxylic acids is 1. The molecule has 4 heteroatoms. The predicted octanol–water partition coefficient (Wildman–Crippen LogP) is 2.11. The Bertz CT molecular complexity index is 443. The number of carbonyl (C=O) groups excluding carboxylic acids is 1. The van der Waals surface area contributed by atoms with Crippen molar-refractivity contribution in [3.05, 3.63) is 35.4 Å². The van der Waals surface area contributed by atoms with Gasteiger partial charge in [-0.05, 0) is 24.5 Å². The summed E-state index contributed by atoms with van der Waals surface area (Å²) in [6.45, 7) is 4.76. The van der Waals surface area contributed by atoms with Crippen LogP contribution in [0.1, 0.15) is 31.4 Å². The molecule has 1 aromatic carbocycles. The molecule has 1 aromatic rings. The van der Waals surface area contributed by atoms with Crippen molar-refractivity contribution in [2.45, 2.75) is 33.1 Å². The van der Waals surface area contributed by atoms with Gasteiger partial charge in [0, 0.05) is 13.1 Å². The van der Waals surface area contributed by atoms with Crippen molar-refractivity contribution in [3.63, 3.8) is 0 Å². The van der Waals surface area contributed by atoms with Gasteiger partial charge >= 0.3 is 5.97 Å². The Kier molecular flexibility index (Phi) is 6.06. The minimum atomic E-state index is -0.876. The molecule has 0 saturated carbocycles. The van der Waals surface area contributed by atoms with E-state index in [1.807, 2.05) is 31.2 Å². The fraction of sp³-hybridized carbons (Fsp3) is 0.467. The standard InChI is InChI=1S/C15H21NO3/c1-3-12-6-5-7-13(10-12)11-14(17)16(4-2)9-8-15(18)19/h5-7,10H,3-4,8-9,11H2,1-2H3,(H,18,19). The van der Waals surface area contributed by atoms with Crippen molar-refractivity contribution in [2.24, 2.45) is 0 Å². The van der Waals surface area contributed by atoms with Gasteiger partial charge in [-0.2, -0.15) is 0 Å². The summed E-state index contributed by atoms with van der Waals surface area (Å²) in [5.74, 6) is -0.892. The summed E-state index contributed by atoms with van der Waals surface area (Å²) in [5.41, 5.74) is 2.19. The van der Waals surface area contributed by atoms with E-state index in [0.717, 1.165) is 12.0 Å². The molecular weight excluding hydrogens is 242 g/mol. The van der Waals surface area contributed by atoms with E-state index in [9.17, 15) is 9.59 Å². The topological polar surface area (TPSA) is 57.6 Å². The number of hydrogen-bond acceptors (Lipinski definition) is 2. The van der Waals surface area contributed by atoms with Crippen molar-refractivity contribution in [3.8, 4) is 0 Å². The molecule has 0 bridgehead atoms. The number of aryl methyl sites for hydroxylation is 1. The maximum Gasteiger partial charge on any atom is 0.305 e. The summed E-state index contributed by atoms with van der Waals surface area (Å²) < 4.78 is 0. The van der Waals surface area contributed by atoms with Crippen LogP contribution in [-0.4, -0.2) is 35.0 Å². The molecule has 0 spiro atoms. The van der Waals surface area contributed by atoms with Gasteiger partial charge in [-0.1, -0.05) is 31.2 Å². The highest BCUT2D eigenvalue weighted by Gasteiger charge is 2.13. The quantitative estimate of drug-likeness (QED) is 0.819. The first-order chi connectivity index (χ1) is 9.06. The zero-order valence-electron chi connectivity index (χ0n) is 11.6. The van der Waals surface area contributed by atoms with Crippen LogP contribution in [0.5, 0.6) is 0 Å². The highest BCUT2D eigenvalue weighted by Crippen LogP contribution is 2.08. The monoisotopic (exact) mass is 263 g/mol. The average molecular weight is 263 g/mol. The molecule has 1 N–H and O–H groups in total. The van der Waals surface area contributed by atoms with Gasteiger partial charge in [-0.25, -0.2) is 0 Å². The normalized spacial score (nSPS) is 10.2. The van der Waals surface area contributed by atoms with Crippen LogP contribution in [0.2, 0.25) is 0 Å². The van der Waals surface area contributed by atoms with Crippen LogP contribution < -0.4 is 0 Å². The highest BCUT2D eigenvalue weighted by atomic mass is 16.4. The van der Waals surface area contributed by atoms with Crippen molar-refractivity contribution < 1.29 is 14.7 Å². The minimum absolute atomic E-state index is 0.00538. The summed E-state index contributed by atoms with van der Waals surface area (Å²) in [5, 5.41) is 8.66. The second-order valence-corrected chi connectivity index (χ2v) is 4.47. The van der Waals surface area contributed by atoms with Gasteiger partial charge in [0.1, 0.15) is 0 Å². The van der Waals surface area contributed by atoms with Crippen molar-refractivity contribution in [1.29, 1.82) is 0 Å². The van der Waals surface area contributed by atoms with Gasteiger partial charge in [0.2, 0.25) is 5.91 Å². The molecule has 0 saturated heterocycles. The van der Waals surface area contributed by atoms with Gasteiger partial charge in [-0.15, -0.1) is 0 Å². The van der Waals surface area contributed by atoms with E-state index in [1.54, 1.807) is 4.90 Å². The zero-order chi connectivity index (χ0) is 14.3. The first-order valence-corrected chi connectivity index (χ1v) is 6.64. The van der Waals surface area contributed by atoms with Crippen LogP contribution in [-0.2, 0) is 22.4 Å². The molecule has 0 radical (unpaired) electrons. The number of benzene rings is 1. The van der Waals surface area contributed by atoms with Crippen molar-refractivity contribution in [2.75, 3.05) is 13.1 Å². The fourth-order valence-corrected chi connectivity index (χ4v) is 1.94. The van der Waals surface area contributed by atoms with E-state index in [1.165, 1.54) is 5.56 Å². The molecule has 0 atom stereocenters. The summed E-state index contributed by atoms with van der Waals surface area (Å²) in [6.07, 6.45) is 1.27. The summed E-state index contributed by atoms with van der Waals surface area (Å²) >= 11 is 0. The average Bonchev–Trinajstić information content (AvgIpc) is 2.39. The third-order valence-corrected chi connectivity index (χ3v) is 3.09. The number of amides is 1. The summed E-state index contributed by atoms with van der Waals surface area (Å²) in [6, 6.07) is 7.95. The SMILES string of the molecule is CCc1cccc(CC(=O)N(CC)CCC(=O)O)c1. The summed E-state index contributed by atoms with van der Waals surface area (Å²) in [4.78, 5) is 24.2. The van der Waals surface area contributed by atoms with Crippen molar-refractivity contribution >= 4 is 11.9 Å². The predicted molar refractivity (Wildman–Crippen MR) is 74.0 cm³/mol. The Morgan fingerprint density at radius 2 is 1.89 bits per heavy atom. The number of nitrogens with zero attached hydrogens (tertiary/aromatic N) is 1. The molecule has 0 aromatic heterocycles. The second kappa shape index (κ2) is 7.56. The third-order valence-electron chi connectivity index (χ3n) is 3.09. The van der Waals surface area contributed by atoms with E-state index in [4.69, 9.17) is 5.11 Å². The van der Waals surface area contributed by atoms with Crippen LogP contribution in [0.4, 0.5) is 0 Å². The van der Waals surface area contributed by atoms with Crippen LogP contribution in [0.25, 0.3) is 0 Å². The molecule has 0 aliphatic rings. The lowest BCUT2D eigenvalue weighted by atomic mass is 10.1. The lowest BCUT2D eigenvalue weighted by Crippen LogP contribution is -2.34. The first-order valence-electron chi connectivity index (χ1n) is 6.64. The van der Waals surface area contributed by atoms with Gasteiger partial charge in [0.15, 0.2) is 0 Å². The molecule has 0 unspecified atom stereocenters. The highest BCUT2D eigenvalue weighted by molar-refractivity contribution is 5.79. The van der Waals surface area contributed by atoms with Crippen molar-refractivity contribution in [1.82, 2.24) is 4.90 Å². The van der Waals surface area contributed by atoms with E-state index in [2.05, 4.69) is 6.92 Å². The molecule has 0 fully saturated rings. The van der Waals surface area contributed by atoms with Crippen LogP contribution in [0, 0.1) is 0 Å². The lowest BCUT2D eigenvalue weighted by Gasteiger charge is -2.20. The Labute approximate surface area is 114 Å². The maximum absolute atomic E-state index is 12.1. The van der Waals surface area contributed by atoms with E-state index in [0.29, 0.717) is 13.0 Å². The first kappa shape index (κ1) is 15.2. The second-order valence-electron chi connectivity index (χ2n) is 4.47. The largest absolute Gasteiger partial charge is 0.481 e. The van der Waals surface area contributed by atoms with E-state index in [-0.39, 0.29) is 18.9 Å². The lowest BCUT2D eigenvalue weighted by molar-refractivity contribution is -0.138. The van der Waals surface area contributed by atoms with E-state index >= 15 is 0 Å². The molecule has 19 heavy (non-hydrogen) atoms.